The van der Waals surface area contributed by atoms with Crippen LogP contribution in [0.25, 0.3) is 0 Å². The van der Waals surface area contributed by atoms with Crippen LogP contribution in [0.5, 0.6) is 0 Å². The molecule has 38 heavy (non-hydrogen) atoms. The Balaban J connectivity index is 1.98. The van der Waals surface area contributed by atoms with Gasteiger partial charge in [0, 0.05) is 18.5 Å². The fourth-order valence-electron chi connectivity index (χ4n) is 3.18. The van der Waals surface area contributed by atoms with E-state index in [0.29, 0.717) is 84.8 Å². The lowest BCUT2D eigenvalue weighted by Gasteiger charge is -2.21. The highest BCUT2D eigenvalue weighted by Crippen LogP contribution is 2.12. The number of carbonyl (C=O) groups excluding carboxylic acids is 2. The zero-order valence-electron chi connectivity index (χ0n) is 22.9. The van der Waals surface area contributed by atoms with Crippen molar-refractivity contribution in [1.82, 2.24) is 5.32 Å². The Morgan fingerprint density at radius 2 is 1.16 bits per heavy atom. The summed E-state index contributed by atoms with van der Waals surface area (Å²) in [5.41, 5.74) is 6.54. The average molecular weight is 543 g/mol. The maximum absolute atomic E-state index is 12.8. The van der Waals surface area contributed by atoms with E-state index in [1.165, 1.54) is 0 Å². The van der Waals surface area contributed by atoms with Crippen LogP contribution in [-0.4, -0.2) is 109 Å². The van der Waals surface area contributed by atoms with Crippen LogP contribution in [0.4, 0.5) is 0 Å². The Morgan fingerprint density at radius 1 is 0.737 bits per heavy atom. The van der Waals surface area contributed by atoms with Gasteiger partial charge in [-0.3, -0.25) is 9.59 Å². The van der Waals surface area contributed by atoms with Crippen LogP contribution >= 0.6 is 0 Å². The molecule has 0 aliphatic heterocycles. The van der Waals surface area contributed by atoms with Crippen molar-refractivity contribution in [2.45, 2.75) is 32.9 Å². The van der Waals surface area contributed by atoms with E-state index in [1.54, 1.807) is 24.3 Å². The molecule has 0 heterocycles. The van der Waals surface area contributed by atoms with E-state index in [0.717, 1.165) is 5.56 Å². The summed E-state index contributed by atoms with van der Waals surface area (Å²) < 4.78 is 32.3. The minimum atomic E-state index is -0.629. The summed E-state index contributed by atoms with van der Waals surface area (Å²) >= 11 is 0. The number of nitrogens with one attached hydrogen (secondary N) is 1. The van der Waals surface area contributed by atoms with Crippen molar-refractivity contribution in [3.8, 4) is 0 Å². The Kier molecular flexibility index (Phi) is 20.6. The van der Waals surface area contributed by atoms with Gasteiger partial charge < -0.3 is 44.6 Å². The third-order valence-electron chi connectivity index (χ3n) is 5.28. The Labute approximate surface area is 226 Å². The highest BCUT2D eigenvalue weighted by molar-refractivity contribution is 6.02. The third kappa shape index (κ3) is 16.8. The highest BCUT2D eigenvalue weighted by Gasteiger charge is 2.25. The first-order chi connectivity index (χ1) is 18.5. The number of nitrogens with two attached hydrogens (primary N) is 1. The molecule has 11 heteroatoms. The number of Topliss-reactive ketones (excluding diaryl/α,β-unsaturated/α-hetero) is 1. The standard InChI is InChI=1S/C27H46N2O9/c1-22(2)26(27(32)24-5-3-23(21-30)4-6-24)29-25(31)7-9-33-11-13-35-15-17-37-19-20-38-18-16-36-14-12-34-10-8-28/h3-6,22,26,30H,7-21,28H2,1-2H3,(H,29,31)/t26-/m0/s1. The predicted octanol–water partition coefficient (Wildman–Crippen LogP) is 0.951. The van der Waals surface area contributed by atoms with Crippen molar-refractivity contribution in [2.75, 3.05) is 85.8 Å². The lowest BCUT2D eigenvalue weighted by atomic mass is 9.94. The Hall–Kier alpha value is -1.96. The summed E-state index contributed by atoms with van der Waals surface area (Å²) in [6.07, 6.45) is 0.149. The van der Waals surface area contributed by atoms with E-state index in [9.17, 15) is 9.59 Å². The molecule has 0 unspecified atom stereocenters. The SMILES string of the molecule is CC(C)[C@H](NC(=O)CCOCCOCCOCCOCCOCCOCCN)C(=O)c1ccc(CO)cc1. The number of aliphatic hydroxyl groups excluding tert-OH is 1. The van der Waals surface area contributed by atoms with Crippen molar-refractivity contribution < 1.29 is 43.1 Å². The molecule has 1 aromatic carbocycles. The average Bonchev–Trinajstić information content (AvgIpc) is 2.92. The molecular formula is C27H46N2O9. The summed E-state index contributed by atoms with van der Waals surface area (Å²) in [5, 5.41) is 12.0. The number of hydrogen-bond acceptors (Lipinski definition) is 10. The number of ketones is 1. The van der Waals surface area contributed by atoms with Crippen molar-refractivity contribution >= 4 is 11.7 Å². The number of aliphatic hydroxyl groups is 1. The molecule has 0 saturated carbocycles. The molecule has 0 bridgehead atoms. The molecule has 0 spiro atoms. The van der Waals surface area contributed by atoms with Gasteiger partial charge in [0.25, 0.3) is 0 Å². The number of benzene rings is 1. The molecule has 0 fully saturated rings. The van der Waals surface area contributed by atoms with Gasteiger partial charge >= 0.3 is 0 Å². The van der Waals surface area contributed by atoms with Crippen LogP contribution < -0.4 is 11.1 Å². The number of carbonyl (C=O) groups is 2. The van der Waals surface area contributed by atoms with Crippen LogP contribution in [0.3, 0.4) is 0 Å². The molecule has 4 N–H and O–H groups in total. The normalized spacial score (nSPS) is 12.1. The van der Waals surface area contributed by atoms with Crippen molar-refractivity contribution in [3.63, 3.8) is 0 Å². The largest absolute Gasteiger partial charge is 0.392 e. The summed E-state index contributed by atoms with van der Waals surface area (Å²) in [6, 6.07) is 6.10. The quantitative estimate of drug-likeness (QED) is 0.120. The monoisotopic (exact) mass is 542 g/mol. The van der Waals surface area contributed by atoms with Gasteiger partial charge in [-0.25, -0.2) is 0 Å². The van der Waals surface area contributed by atoms with Crippen molar-refractivity contribution in [2.24, 2.45) is 11.7 Å². The molecule has 1 amide bonds. The fourth-order valence-corrected chi connectivity index (χ4v) is 3.18. The second-order valence-corrected chi connectivity index (χ2v) is 8.72. The minimum absolute atomic E-state index is 0.0710. The second kappa shape index (κ2) is 23.0. The fraction of sp³-hybridized carbons (Fsp3) is 0.704. The van der Waals surface area contributed by atoms with E-state index in [4.69, 9.17) is 39.3 Å². The van der Waals surface area contributed by atoms with Crippen molar-refractivity contribution in [3.05, 3.63) is 35.4 Å². The van der Waals surface area contributed by atoms with Gasteiger partial charge in [0.15, 0.2) is 5.78 Å². The van der Waals surface area contributed by atoms with E-state index in [2.05, 4.69) is 5.32 Å². The maximum atomic E-state index is 12.8. The lowest BCUT2D eigenvalue weighted by Crippen LogP contribution is -2.44. The summed E-state index contributed by atoms with van der Waals surface area (Å²) in [7, 11) is 0. The second-order valence-electron chi connectivity index (χ2n) is 8.72. The van der Waals surface area contributed by atoms with E-state index >= 15 is 0 Å². The summed E-state index contributed by atoms with van der Waals surface area (Å²) in [5.74, 6) is -0.475. The summed E-state index contributed by atoms with van der Waals surface area (Å²) in [4.78, 5) is 25.1. The van der Waals surface area contributed by atoms with E-state index in [-0.39, 0.29) is 37.2 Å². The first-order valence-corrected chi connectivity index (χ1v) is 13.2. The molecule has 0 saturated heterocycles. The van der Waals surface area contributed by atoms with Gasteiger partial charge in [-0.05, 0) is 11.5 Å². The molecule has 0 radical (unpaired) electrons. The van der Waals surface area contributed by atoms with Gasteiger partial charge in [0.2, 0.25) is 5.91 Å². The minimum Gasteiger partial charge on any atom is -0.392 e. The summed E-state index contributed by atoms with van der Waals surface area (Å²) in [6.45, 7) is 9.63. The molecule has 11 nitrogen and oxygen atoms in total. The lowest BCUT2D eigenvalue weighted by molar-refractivity contribution is -0.123. The van der Waals surface area contributed by atoms with Crippen LogP contribution in [-0.2, 0) is 39.8 Å². The van der Waals surface area contributed by atoms with Gasteiger partial charge in [-0.2, -0.15) is 0 Å². The van der Waals surface area contributed by atoms with Gasteiger partial charge in [0.1, 0.15) is 0 Å². The van der Waals surface area contributed by atoms with E-state index < -0.39 is 6.04 Å². The van der Waals surface area contributed by atoms with Crippen LogP contribution in [0.2, 0.25) is 0 Å². The first kappa shape index (κ1) is 34.1. The zero-order chi connectivity index (χ0) is 27.8. The molecule has 1 aromatic rings. The number of hydrogen-bond donors (Lipinski definition) is 3. The van der Waals surface area contributed by atoms with Crippen LogP contribution in [0, 0.1) is 5.92 Å². The number of rotatable bonds is 25. The van der Waals surface area contributed by atoms with Crippen LogP contribution in [0.1, 0.15) is 36.2 Å². The van der Waals surface area contributed by atoms with E-state index in [1.807, 2.05) is 13.8 Å². The smallest absolute Gasteiger partial charge is 0.222 e. The topological polar surface area (TPSA) is 148 Å². The molecule has 0 aliphatic rings. The maximum Gasteiger partial charge on any atom is 0.222 e. The molecular weight excluding hydrogens is 496 g/mol. The number of ether oxygens (including phenoxy) is 6. The molecule has 1 atom stereocenters. The van der Waals surface area contributed by atoms with Crippen LogP contribution in [0.15, 0.2) is 24.3 Å². The van der Waals surface area contributed by atoms with Gasteiger partial charge in [-0.1, -0.05) is 38.1 Å². The molecule has 0 aliphatic carbocycles. The molecule has 0 aromatic heterocycles. The Bertz CT molecular complexity index is 732. The van der Waals surface area contributed by atoms with Gasteiger partial charge in [-0.15, -0.1) is 0 Å². The highest BCUT2D eigenvalue weighted by atomic mass is 16.6. The first-order valence-electron chi connectivity index (χ1n) is 13.2. The molecule has 218 valence electrons. The zero-order valence-corrected chi connectivity index (χ0v) is 22.9. The van der Waals surface area contributed by atoms with Crippen molar-refractivity contribution in [1.29, 1.82) is 0 Å². The number of amides is 1. The third-order valence-corrected chi connectivity index (χ3v) is 5.28. The molecule has 1 rings (SSSR count). The van der Waals surface area contributed by atoms with Gasteiger partial charge in [0.05, 0.1) is 91.9 Å². The predicted molar refractivity (Wildman–Crippen MR) is 142 cm³/mol. The Morgan fingerprint density at radius 3 is 1.55 bits per heavy atom.